The number of imidazole rings is 1. The summed E-state index contributed by atoms with van der Waals surface area (Å²) in [5.74, 6) is 0. The van der Waals surface area contributed by atoms with Gasteiger partial charge in [-0.1, -0.05) is 0 Å². The molecule has 0 aliphatic rings. The number of hydroxylamine groups is 3. The molecule has 0 aliphatic carbocycles. The predicted octanol–water partition coefficient (Wildman–Crippen LogP) is 0.375. The third-order valence-corrected chi connectivity index (χ3v) is 1.11. The fourth-order valence-corrected chi connectivity index (χ4v) is 0.788. The van der Waals surface area contributed by atoms with Gasteiger partial charge in [-0.25, -0.2) is 10.2 Å². The highest BCUT2D eigenvalue weighted by molar-refractivity contribution is 4.90. The Morgan fingerprint density at radius 2 is 2.40 bits per heavy atom. The highest BCUT2D eigenvalue weighted by Gasteiger charge is 2.11. The van der Waals surface area contributed by atoms with Crippen LogP contribution in [0, 0.1) is 0 Å². The van der Waals surface area contributed by atoms with Crippen molar-refractivity contribution in [3.63, 3.8) is 0 Å². The highest BCUT2D eigenvalue weighted by atomic mass is 16.5. The van der Waals surface area contributed by atoms with Crippen molar-refractivity contribution in [1.82, 2.24) is 9.97 Å². The molecule has 0 aromatic carbocycles. The minimum absolute atomic E-state index is 0.0673. The van der Waals surface area contributed by atoms with Gasteiger partial charge in [0.05, 0.1) is 32.3 Å². The molecule has 4 heteroatoms. The molecule has 0 bridgehead atoms. The molecule has 56 valence electrons. The van der Waals surface area contributed by atoms with Crippen LogP contribution in [0.15, 0.2) is 12.5 Å². The molecule has 0 saturated heterocycles. The van der Waals surface area contributed by atoms with E-state index in [4.69, 9.17) is 0 Å². The number of quaternary nitrogens is 1. The first kappa shape index (κ1) is 7.24. The van der Waals surface area contributed by atoms with Gasteiger partial charge < -0.3 is 4.98 Å². The largest absolute Gasteiger partial charge is 0.344 e. The number of nitrogens with one attached hydrogen (secondary N) is 1. The topological polar surface area (TPSA) is 48.9 Å². The van der Waals surface area contributed by atoms with E-state index < -0.39 is 0 Å². The van der Waals surface area contributed by atoms with Crippen LogP contribution in [0.25, 0.3) is 0 Å². The van der Waals surface area contributed by atoms with Gasteiger partial charge in [-0.05, 0) is 0 Å². The van der Waals surface area contributed by atoms with Gasteiger partial charge in [-0.2, -0.15) is 4.65 Å². The van der Waals surface area contributed by atoms with Gasteiger partial charge in [0.1, 0.15) is 0 Å². The van der Waals surface area contributed by atoms with Crippen LogP contribution in [0.3, 0.4) is 0 Å². The molecular formula is C6H12N3O+. The summed E-state index contributed by atoms with van der Waals surface area (Å²) in [6.07, 6.45) is 3.31. The second-order valence-corrected chi connectivity index (χ2v) is 2.86. The molecule has 0 spiro atoms. The van der Waals surface area contributed by atoms with Gasteiger partial charge in [0, 0.05) is 0 Å². The molecule has 0 radical (unpaired) electrons. The summed E-state index contributed by atoms with van der Waals surface area (Å²) >= 11 is 0. The van der Waals surface area contributed by atoms with E-state index in [1.54, 1.807) is 26.6 Å². The van der Waals surface area contributed by atoms with E-state index in [1.165, 1.54) is 0 Å². The lowest BCUT2D eigenvalue weighted by Gasteiger charge is -2.17. The van der Waals surface area contributed by atoms with Crippen molar-refractivity contribution in [2.45, 2.75) is 6.54 Å². The molecule has 0 amide bonds. The first-order valence-corrected chi connectivity index (χ1v) is 3.11. The van der Waals surface area contributed by atoms with Gasteiger partial charge in [0.25, 0.3) is 0 Å². The van der Waals surface area contributed by atoms with Gasteiger partial charge in [-0.15, -0.1) is 0 Å². The fourth-order valence-electron chi connectivity index (χ4n) is 0.788. The van der Waals surface area contributed by atoms with Gasteiger partial charge >= 0.3 is 0 Å². The quantitative estimate of drug-likeness (QED) is 0.463. The zero-order valence-corrected chi connectivity index (χ0v) is 6.20. The lowest BCUT2D eigenvalue weighted by Crippen LogP contribution is -2.34. The second kappa shape index (κ2) is 2.40. The molecule has 1 heterocycles. The van der Waals surface area contributed by atoms with Crippen LogP contribution < -0.4 is 0 Å². The molecule has 10 heavy (non-hydrogen) atoms. The predicted molar refractivity (Wildman–Crippen MR) is 36.2 cm³/mol. The average molecular weight is 142 g/mol. The van der Waals surface area contributed by atoms with Crippen molar-refractivity contribution in [3.8, 4) is 0 Å². The molecule has 0 atom stereocenters. The summed E-state index contributed by atoms with van der Waals surface area (Å²) < 4.78 is -0.0673. The summed E-state index contributed by atoms with van der Waals surface area (Å²) in [5.41, 5.74) is 0.938. The summed E-state index contributed by atoms with van der Waals surface area (Å²) in [7, 11) is 3.42. The number of H-pyrrole nitrogens is 1. The van der Waals surface area contributed by atoms with Crippen molar-refractivity contribution in [3.05, 3.63) is 18.2 Å². The Kier molecular flexibility index (Phi) is 1.74. The van der Waals surface area contributed by atoms with Crippen molar-refractivity contribution in [1.29, 1.82) is 0 Å². The van der Waals surface area contributed by atoms with Gasteiger partial charge in [0.15, 0.2) is 6.54 Å². The van der Waals surface area contributed by atoms with Crippen molar-refractivity contribution >= 4 is 0 Å². The first-order valence-electron chi connectivity index (χ1n) is 3.11. The standard InChI is InChI=1S/C6H12N3O/c1-9(2,10)4-6-3-7-5-8-6/h3,5,10H,4H2,1-2H3,(H,7,8)/q+1. The van der Waals surface area contributed by atoms with Crippen LogP contribution in [-0.2, 0) is 6.54 Å². The van der Waals surface area contributed by atoms with Crippen LogP contribution in [0.5, 0.6) is 0 Å². The zero-order valence-electron chi connectivity index (χ0n) is 6.20. The van der Waals surface area contributed by atoms with Gasteiger partial charge in [-0.3, -0.25) is 0 Å². The van der Waals surface area contributed by atoms with Crippen LogP contribution in [0.1, 0.15) is 5.69 Å². The van der Waals surface area contributed by atoms with Crippen molar-refractivity contribution in [2.24, 2.45) is 0 Å². The number of rotatable bonds is 2. The Morgan fingerprint density at radius 1 is 1.70 bits per heavy atom. The van der Waals surface area contributed by atoms with Crippen LogP contribution >= 0.6 is 0 Å². The number of aromatic amines is 1. The smallest absolute Gasteiger partial charge is 0.150 e. The van der Waals surface area contributed by atoms with E-state index in [-0.39, 0.29) is 4.65 Å². The maximum absolute atomic E-state index is 9.28. The second-order valence-electron chi connectivity index (χ2n) is 2.86. The van der Waals surface area contributed by atoms with E-state index in [2.05, 4.69) is 9.97 Å². The third-order valence-electron chi connectivity index (χ3n) is 1.11. The summed E-state index contributed by atoms with van der Waals surface area (Å²) in [6.45, 7) is 0.556. The normalized spacial score (nSPS) is 11.9. The molecule has 1 rings (SSSR count). The summed E-state index contributed by atoms with van der Waals surface area (Å²) in [4.78, 5) is 6.74. The summed E-state index contributed by atoms with van der Waals surface area (Å²) in [6, 6.07) is 0. The lowest BCUT2D eigenvalue weighted by atomic mass is 10.4. The first-order chi connectivity index (χ1) is 4.58. The Morgan fingerprint density at radius 3 is 2.80 bits per heavy atom. The lowest BCUT2D eigenvalue weighted by molar-refractivity contribution is -1.08. The van der Waals surface area contributed by atoms with E-state index in [0.29, 0.717) is 6.54 Å². The molecule has 0 unspecified atom stereocenters. The molecule has 2 N–H and O–H groups in total. The summed E-state index contributed by atoms with van der Waals surface area (Å²) in [5, 5.41) is 9.28. The Bertz CT molecular complexity index is 187. The van der Waals surface area contributed by atoms with E-state index in [0.717, 1.165) is 5.69 Å². The van der Waals surface area contributed by atoms with Crippen molar-refractivity contribution < 1.29 is 9.85 Å². The minimum atomic E-state index is -0.0673. The molecule has 0 saturated carbocycles. The molecule has 0 fully saturated rings. The van der Waals surface area contributed by atoms with Crippen LogP contribution in [-0.4, -0.2) is 33.9 Å². The number of hydrogen-bond donors (Lipinski definition) is 2. The number of nitrogens with zero attached hydrogens (tertiary/aromatic N) is 2. The molecule has 0 aliphatic heterocycles. The van der Waals surface area contributed by atoms with Crippen molar-refractivity contribution in [2.75, 3.05) is 14.1 Å². The average Bonchev–Trinajstić information content (AvgIpc) is 2.12. The Labute approximate surface area is 59.7 Å². The highest BCUT2D eigenvalue weighted by Crippen LogP contribution is 2.00. The number of aromatic nitrogens is 2. The van der Waals surface area contributed by atoms with E-state index in [1.807, 2.05) is 0 Å². The maximum Gasteiger partial charge on any atom is 0.150 e. The Hall–Kier alpha value is -0.870. The molecule has 1 aromatic heterocycles. The number of hydrogen-bond acceptors (Lipinski definition) is 2. The van der Waals surface area contributed by atoms with Crippen LogP contribution in [0.2, 0.25) is 0 Å². The fraction of sp³-hybridized carbons (Fsp3) is 0.500. The third kappa shape index (κ3) is 2.16. The monoisotopic (exact) mass is 142 g/mol. The maximum atomic E-state index is 9.28. The molecule has 1 aromatic rings. The Balaban J connectivity index is 2.57. The SMILES string of the molecule is C[N+](C)(O)Cc1cnc[nH]1. The minimum Gasteiger partial charge on any atom is -0.344 e. The van der Waals surface area contributed by atoms with E-state index >= 15 is 0 Å². The molecule has 4 nitrogen and oxygen atoms in total. The zero-order chi connectivity index (χ0) is 7.61. The van der Waals surface area contributed by atoms with Crippen LogP contribution in [0.4, 0.5) is 0 Å². The molecular weight excluding hydrogens is 130 g/mol. The van der Waals surface area contributed by atoms with E-state index in [9.17, 15) is 5.21 Å². The van der Waals surface area contributed by atoms with Gasteiger partial charge in [0.2, 0.25) is 0 Å².